The Hall–Kier alpha value is -1.17. The highest BCUT2D eigenvalue weighted by atomic mass is 28.4. The number of hydrogen-bond acceptors (Lipinski definition) is 1. The highest BCUT2D eigenvalue weighted by Crippen LogP contribution is 2.37. The van der Waals surface area contributed by atoms with Crippen LogP contribution < -0.4 is 10.4 Å². The largest absolute Gasteiger partial charge is 0.451 e. The van der Waals surface area contributed by atoms with Crippen molar-refractivity contribution in [1.82, 2.24) is 0 Å². The molecule has 0 spiro atoms. The molecule has 0 aliphatic rings. The van der Waals surface area contributed by atoms with Crippen molar-refractivity contribution in [2.45, 2.75) is 38.9 Å². The highest BCUT2D eigenvalue weighted by molar-refractivity contribution is 7.02. The summed E-state index contributed by atoms with van der Waals surface area (Å²) in [7, 11) is -3.42. The lowest BCUT2D eigenvalue weighted by Crippen LogP contribution is -2.67. The SMILES string of the molecule is C[SiH](C)O[Si](c1ccccc1)(c1ccccc1)C(C)(C)C. The van der Waals surface area contributed by atoms with Gasteiger partial charge in [-0.25, -0.2) is 0 Å². The molecule has 0 aliphatic carbocycles. The third-order valence-corrected chi connectivity index (χ3v) is 11.5. The molecule has 0 amide bonds. The van der Waals surface area contributed by atoms with Crippen LogP contribution in [0, 0.1) is 0 Å². The van der Waals surface area contributed by atoms with E-state index in [0.29, 0.717) is 0 Å². The van der Waals surface area contributed by atoms with Gasteiger partial charge in [0, 0.05) is 0 Å². The molecule has 0 bridgehead atoms. The van der Waals surface area contributed by atoms with Crippen LogP contribution in [0.2, 0.25) is 18.1 Å². The second kappa shape index (κ2) is 6.30. The average molecular weight is 315 g/mol. The summed E-state index contributed by atoms with van der Waals surface area (Å²) in [5, 5.41) is 2.86. The monoisotopic (exact) mass is 314 g/mol. The van der Waals surface area contributed by atoms with E-state index in [9.17, 15) is 0 Å². The first-order valence-electron chi connectivity index (χ1n) is 7.67. The van der Waals surface area contributed by atoms with Crippen LogP contribution in [0.4, 0.5) is 0 Å². The van der Waals surface area contributed by atoms with E-state index < -0.39 is 17.4 Å². The van der Waals surface area contributed by atoms with Gasteiger partial charge in [-0.05, 0) is 28.5 Å². The highest BCUT2D eigenvalue weighted by Gasteiger charge is 2.50. The zero-order valence-corrected chi connectivity index (χ0v) is 15.9. The molecule has 0 fully saturated rings. The Morgan fingerprint density at radius 1 is 0.762 bits per heavy atom. The zero-order valence-electron chi connectivity index (χ0n) is 13.8. The Morgan fingerprint density at radius 2 is 1.14 bits per heavy atom. The fraction of sp³-hybridized carbons (Fsp3) is 0.333. The maximum atomic E-state index is 6.85. The third-order valence-electron chi connectivity index (χ3n) is 3.83. The second-order valence-electron chi connectivity index (χ2n) is 6.83. The molecule has 0 aromatic heterocycles. The molecule has 0 saturated heterocycles. The van der Waals surface area contributed by atoms with Crippen molar-refractivity contribution in [3.05, 3.63) is 60.7 Å². The van der Waals surface area contributed by atoms with Crippen LogP contribution in [0.25, 0.3) is 0 Å². The summed E-state index contributed by atoms with van der Waals surface area (Å²) in [5.74, 6) is 0. The summed E-state index contributed by atoms with van der Waals surface area (Å²) >= 11 is 0. The van der Waals surface area contributed by atoms with Crippen molar-refractivity contribution in [3.63, 3.8) is 0 Å². The van der Waals surface area contributed by atoms with Gasteiger partial charge in [0.1, 0.15) is 0 Å². The predicted molar refractivity (Wildman–Crippen MR) is 97.6 cm³/mol. The van der Waals surface area contributed by atoms with Crippen molar-refractivity contribution in [3.8, 4) is 0 Å². The molecule has 3 heteroatoms. The smallest absolute Gasteiger partial charge is 0.250 e. The van der Waals surface area contributed by atoms with E-state index in [1.165, 1.54) is 10.4 Å². The molecular formula is C18H26OSi2. The van der Waals surface area contributed by atoms with Gasteiger partial charge in [0.2, 0.25) is 8.32 Å². The molecular weight excluding hydrogens is 288 g/mol. The molecule has 1 nitrogen and oxygen atoms in total. The lowest BCUT2D eigenvalue weighted by Gasteiger charge is -2.44. The van der Waals surface area contributed by atoms with Crippen LogP contribution in [-0.4, -0.2) is 17.4 Å². The number of rotatable bonds is 4. The first kappa shape index (κ1) is 16.2. The summed E-state index contributed by atoms with van der Waals surface area (Å²) in [5.41, 5.74) is 0. The van der Waals surface area contributed by atoms with E-state index in [1.54, 1.807) is 0 Å². The van der Waals surface area contributed by atoms with Crippen LogP contribution in [0.1, 0.15) is 20.8 Å². The minimum atomic E-state index is -2.25. The van der Waals surface area contributed by atoms with E-state index in [2.05, 4.69) is 94.5 Å². The summed E-state index contributed by atoms with van der Waals surface area (Å²) < 4.78 is 6.85. The van der Waals surface area contributed by atoms with Gasteiger partial charge in [0.05, 0.1) is 0 Å². The lowest BCUT2D eigenvalue weighted by molar-refractivity contribution is 0.524. The van der Waals surface area contributed by atoms with Crippen molar-refractivity contribution in [2.75, 3.05) is 0 Å². The van der Waals surface area contributed by atoms with Crippen LogP contribution in [0.3, 0.4) is 0 Å². The molecule has 21 heavy (non-hydrogen) atoms. The fourth-order valence-electron chi connectivity index (χ4n) is 3.04. The van der Waals surface area contributed by atoms with Gasteiger partial charge in [-0.2, -0.15) is 0 Å². The Labute approximate surface area is 131 Å². The third kappa shape index (κ3) is 3.20. The quantitative estimate of drug-likeness (QED) is 0.784. The first-order chi connectivity index (χ1) is 9.88. The van der Waals surface area contributed by atoms with Gasteiger partial charge < -0.3 is 4.12 Å². The minimum absolute atomic E-state index is 0.104. The lowest BCUT2D eigenvalue weighted by atomic mass is 10.2. The molecule has 0 radical (unpaired) electrons. The van der Waals surface area contributed by atoms with Gasteiger partial charge in [0.15, 0.2) is 9.04 Å². The number of hydrogen-bond donors (Lipinski definition) is 0. The van der Waals surface area contributed by atoms with E-state index in [0.717, 1.165) is 0 Å². The molecule has 2 aromatic carbocycles. The van der Waals surface area contributed by atoms with E-state index in [1.807, 2.05) is 0 Å². The van der Waals surface area contributed by atoms with Gasteiger partial charge >= 0.3 is 0 Å². The van der Waals surface area contributed by atoms with Crippen molar-refractivity contribution in [1.29, 1.82) is 0 Å². The van der Waals surface area contributed by atoms with E-state index in [-0.39, 0.29) is 5.04 Å². The molecule has 2 aromatic rings. The Bertz CT molecular complexity index is 519. The molecule has 0 unspecified atom stereocenters. The summed E-state index contributed by atoms with van der Waals surface area (Å²) in [6.45, 7) is 11.5. The minimum Gasteiger partial charge on any atom is -0.451 e. The number of benzene rings is 2. The maximum absolute atomic E-state index is 6.85. The molecule has 0 saturated carbocycles. The Balaban J connectivity index is 2.72. The predicted octanol–water partition coefficient (Wildman–Crippen LogP) is 3.55. The van der Waals surface area contributed by atoms with Gasteiger partial charge in [-0.1, -0.05) is 81.4 Å². The van der Waals surface area contributed by atoms with E-state index >= 15 is 0 Å². The normalized spacial score (nSPS) is 12.7. The fourth-order valence-corrected chi connectivity index (χ4v) is 11.8. The van der Waals surface area contributed by atoms with Crippen molar-refractivity contribution >= 4 is 27.7 Å². The summed E-state index contributed by atoms with van der Waals surface area (Å²) in [6, 6.07) is 21.7. The van der Waals surface area contributed by atoms with Gasteiger partial charge in [-0.3, -0.25) is 0 Å². The van der Waals surface area contributed by atoms with E-state index in [4.69, 9.17) is 4.12 Å². The molecule has 0 atom stereocenters. The first-order valence-corrected chi connectivity index (χ1v) is 12.4. The second-order valence-corrected chi connectivity index (χ2v) is 13.9. The average Bonchev–Trinajstić information content (AvgIpc) is 2.45. The summed E-state index contributed by atoms with van der Waals surface area (Å²) in [4.78, 5) is 0. The standard InChI is InChI=1S/C18H26OSi2/c1-18(2,3)21(19-20(4)5,16-12-8-6-9-13-16)17-14-10-7-11-15-17/h6-15,20H,1-5H3. The zero-order chi connectivity index (χ0) is 15.5. The topological polar surface area (TPSA) is 9.23 Å². The molecule has 0 aliphatic heterocycles. The van der Waals surface area contributed by atoms with Crippen molar-refractivity contribution < 1.29 is 4.12 Å². The van der Waals surface area contributed by atoms with Crippen LogP contribution in [-0.2, 0) is 4.12 Å². The Kier molecular flexibility index (Phi) is 4.86. The van der Waals surface area contributed by atoms with Gasteiger partial charge in [0.25, 0.3) is 0 Å². The molecule has 0 heterocycles. The van der Waals surface area contributed by atoms with Crippen LogP contribution in [0.15, 0.2) is 60.7 Å². The van der Waals surface area contributed by atoms with Crippen LogP contribution in [0.5, 0.6) is 0 Å². The molecule has 112 valence electrons. The van der Waals surface area contributed by atoms with Crippen molar-refractivity contribution in [2.24, 2.45) is 0 Å². The Morgan fingerprint density at radius 3 is 1.43 bits per heavy atom. The molecule has 0 N–H and O–H groups in total. The van der Waals surface area contributed by atoms with Crippen LogP contribution >= 0.6 is 0 Å². The summed E-state index contributed by atoms with van der Waals surface area (Å²) in [6.07, 6.45) is 0. The molecule has 2 rings (SSSR count). The maximum Gasteiger partial charge on any atom is 0.250 e. The van der Waals surface area contributed by atoms with Gasteiger partial charge in [-0.15, -0.1) is 0 Å².